The van der Waals surface area contributed by atoms with E-state index in [1.165, 1.54) is 0 Å². The second-order valence-electron chi connectivity index (χ2n) is 5.10. The summed E-state index contributed by atoms with van der Waals surface area (Å²) >= 11 is 3.38. The second-order valence-corrected chi connectivity index (χ2v) is 6.01. The van der Waals surface area contributed by atoms with E-state index in [1.807, 2.05) is 38.1 Å². The third kappa shape index (κ3) is 5.38. The fourth-order valence-electron chi connectivity index (χ4n) is 1.92. The van der Waals surface area contributed by atoms with Crippen molar-refractivity contribution in [2.75, 3.05) is 0 Å². The third-order valence-electron chi connectivity index (χ3n) is 3.46. The number of carboxylic acid groups (broad SMARTS) is 1. The molecule has 0 bridgehead atoms. The molecule has 3 atom stereocenters. The van der Waals surface area contributed by atoms with E-state index in [9.17, 15) is 9.59 Å². The quantitative estimate of drug-likeness (QED) is 0.731. The van der Waals surface area contributed by atoms with Crippen molar-refractivity contribution in [1.29, 1.82) is 0 Å². The number of benzene rings is 1. The van der Waals surface area contributed by atoms with Gasteiger partial charge in [-0.15, -0.1) is 0 Å². The van der Waals surface area contributed by atoms with Crippen molar-refractivity contribution in [3.63, 3.8) is 0 Å². The van der Waals surface area contributed by atoms with E-state index in [0.29, 0.717) is 6.42 Å². The van der Waals surface area contributed by atoms with Gasteiger partial charge in [-0.25, -0.2) is 9.59 Å². The number of hydrogen-bond acceptors (Lipinski definition) is 2. The van der Waals surface area contributed by atoms with Gasteiger partial charge in [-0.2, -0.15) is 0 Å². The molecule has 0 saturated heterocycles. The molecular weight excluding hydrogens is 336 g/mol. The van der Waals surface area contributed by atoms with Crippen LogP contribution in [0.3, 0.4) is 0 Å². The summed E-state index contributed by atoms with van der Waals surface area (Å²) in [5.74, 6) is -1.15. The number of nitrogens with one attached hydrogen (secondary N) is 2. The van der Waals surface area contributed by atoms with Gasteiger partial charge in [0, 0.05) is 4.47 Å². The molecule has 0 aliphatic rings. The fourth-order valence-corrected chi connectivity index (χ4v) is 2.34. The van der Waals surface area contributed by atoms with Crippen LogP contribution >= 0.6 is 15.9 Å². The molecule has 1 aromatic rings. The van der Waals surface area contributed by atoms with Crippen molar-refractivity contribution in [3.8, 4) is 0 Å². The Morgan fingerprint density at radius 1 is 1.29 bits per heavy atom. The van der Waals surface area contributed by atoms with Crippen LogP contribution in [0, 0.1) is 5.92 Å². The zero-order chi connectivity index (χ0) is 16.0. The highest BCUT2D eigenvalue weighted by Gasteiger charge is 2.25. The lowest BCUT2D eigenvalue weighted by Crippen LogP contribution is -2.49. The van der Waals surface area contributed by atoms with Crippen LogP contribution in [-0.2, 0) is 4.79 Å². The molecule has 0 aliphatic heterocycles. The van der Waals surface area contributed by atoms with Gasteiger partial charge in [-0.3, -0.25) is 0 Å². The number of amides is 2. The first-order chi connectivity index (χ1) is 9.85. The Bertz CT molecular complexity index is 507. The van der Waals surface area contributed by atoms with Gasteiger partial charge in [0.15, 0.2) is 0 Å². The van der Waals surface area contributed by atoms with Gasteiger partial charge in [0.1, 0.15) is 6.04 Å². The Morgan fingerprint density at radius 3 is 2.48 bits per heavy atom. The average Bonchev–Trinajstić information content (AvgIpc) is 2.43. The molecule has 1 aromatic carbocycles. The lowest BCUT2D eigenvalue weighted by molar-refractivity contribution is -0.140. The molecule has 0 saturated carbocycles. The summed E-state index contributed by atoms with van der Waals surface area (Å²) in [6.07, 6.45) is 0.679. The summed E-state index contributed by atoms with van der Waals surface area (Å²) in [4.78, 5) is 23.1. The molecule has 2 unspecified atom stereocenters. The predicted octanol–water partition coefficient (Wildman–Crippen LogP) is 3.31. The van der Waals surface area contributed by atoms with Crippen LogP contribution in [0.5, 0.6) is 0 Å². The normalized spacial score (nSPS) is 14.9. The molecule has 0 heterocycles. The molecule has 2 amide bonds. The minimum Gasteiger partial charge on any atom is -0.480 e. The van der Waals surface area contributed by atoms with Crippen molar-refractivity contribution in [2.24, 2.45) is 5.92 Å². The van der Waals surface area contributed by atoms with Crippen molar-refractivity contribution in [2.45, 2.75) is 39.3 Å². The minimum absolute atomic E-state index is 0.130. The van der Waals surface area contributed by atoms with E-state index in [2.05, 4.69) is 26.6 Å². The van der Waals surface area contributed by atoms with Gasteiger partial charge in [0.2, 0.25) is 0 Å². The highest BCUT2D eigenvalue weighted by molar-refractivity contribution is 9.10. The van der Waals surface area contributed by atoms with Crippen molar-refractivity contribution >= 4 is 27.9 Å². The maximum absolute atomic E-state index is 11.9. The van der Waals surface area contributed by atoms with E-state index < -0.39 is 18.0 Å². The topological polar surface area (TPSA) is 78.4 Å². The van der Waals surface area contributed by atoms with E-state index in [-0.39, 0.29) is 12.0 Å². The van der Waals surface area contributed by atoms with Crippen LogP contribution in [0.25, 0.3) is 0 Å². The molecule has 0 radical (unpaired) electrons. The van der Waals surface area contributed by atoms with E-state index in [4.69, 9.17) is 5.11 Å². The maximum Gasteiger partial charge on any atom is 0.326 e. The van der Waals surface area contributed by atoms with Crippen molar-refractivity contribution in [1.82, 2.24) is 10.6 Å². The summed E-state index contributed by atoms with van der Waals surface area (Å²) in [7, 11) is 0. The number of rotatable bonds is 6. The summed E-state index contributed by atoms with van der Waals surface area (Å²) in [5, 5.41) is 14.4. The van der Waals surface area contributed by atoms with Crippen molar-refractivity contribution in [3.05, 3.63) is 34.3 Å². The molecular formula is C15H21BrN2O3. The van der Waals surface area contributed by atoms with E-state index >= 15 is 0 Å². The number of urea groups is 1. The zero-order valence-electron chi connectivity index (χ0n) is 12.4. The first-order valence-electron chi connectivity index (χ1n) is 6.90. The SMILES string of the molecule is CCC(C)[C@H](NC(=O)NC(C)c1cccc(Br)c1)C(=O)O. The number of carbonyl (C=O) groups excluding carboxylic acids is 1. The van der Waals surface area contributed by atoms with E-state index in [0.717, 1.165) is 10.0 Å². The maximum atomic E-state index is 11.9. The second kappa shape index (κ2) is 8.02. The Hall–Kier alpha value is -1.56. The number of halogens is 1. The molecule has 21 heavy (non-hydrogen) atoms. The Kier molecular flexibility index (Phi) is 6.68. The monoisotopic (exact) mass is 356 g/mol. The third-order valence-corrected chi connectivity index (χ3v) is 3.96. The molecule has 0 aromatic heterocycles. The summed E-state index contributed by atoms with van der Waals surface area (Å²) < 4.78 is 0.928. The largest absolute Gasteiger partial charge is 0.480 e. The molecule has 5 nitrogen and oxygen atoms in total. The van der Waals surface area contributed by atoms with Gasteiger partial charge < -0.3 is 15.7 Å². The van der Waals surface area contributed by atoms with Gasteiger partial charge >= 0.3 is 12.0 Å². The Balaban J connectivity index is 2.65. The van der Waals surface area contributed by atoms with Gasteiger partial charge in [-0.05, 0) is 30.5 Å². The van der Waals surface area contributed by atoms with Crippen LogP contribution < -0.4 is 10.6 Å². The zero-order valence-corrected chi connectivity index (χ0v) is 14.0. The van der Waals surface area contributed by atoms with Crippen LogP contribution in [0.15, 0.2) is 28.7 Å². The van der Waals surface area contributed by atoms with Gasteiger partial charge in [-0.1, -0.05) is 48.3 Å². The van der Waals surface area contributed by atoms with Crippen LogP contribution in [0.2, 0.25) is 0 Å². The van der Waals surface area contributed by atoms with Crippen LogP contribution in [0.4, 0.5) is 4.79 Å². The summed E-state index contributed by atoms with van der Waals surface area (Å²) in [6.45, 7) is 5.54. The van der Waals surface area contributed by atoms with Crippen molar-refractivity contribution < 1.29 is 14.7 Å². The molecule has 0 aliphatic carbocycles. The first-order valence-corrected chi connectivity index (χ1v) is 7.69. The average molecular weight is 357 g/mol. The standard InChI is InChI=1S/C15H21BrN2O3/c1-4-9(2)13(14(19)20)18-15(21)17-10(3)11-6-5-7-12(16)8-11/h5-10,13H,4H2,1-3H3,(H,19,20)(H2,17,18,21)/t9?,10?,13-/m0/s1. The lowest BCUT2D eigenvalue weighted by Gasteiger charge is -2.22. The number of hydrogen-bond donors (Lipinski definition) is 3. The minimum atomic E-state index is -1.02. The lowest BCUT2D eigenvalue weighted by atomic mass is 9.99. The molecule has 116 valence electrons. The Morgan fingerprint density at radius 2 is 1.95 bits per heavy atom. The molecule has 0 spiro atoms. The van der Waals surface area contributed by atoms with Gasteiger partial charge in [0.05, 0.1) is 6.04 Å². The Labute approximate surface area is 133 Å². The fraction of sp³-hybridized carbons (Fsp3) is 0.467. The predicted molar refractivity (Wildman–Crippen MR) is 85.1 cm³/mol. The first kappa shape index (κ1) is 17.5. The summed E-state index contributed by atoms with van der Waals surface area (Å²) in [5.41, 5.74) is 0.940. The van der Waals surface area contributed by atoms with Crippen LogP contribution in [-0.4, -0.2) is 23.1 Å². The molecule has 1 rings (SSSR count). The molecule has 3 N–H and O–H groups in total. The number of aliphatic carboxylic acids is 1. The molecule has 0 fully saturated rings. The van der Waals surface area contributed by atoms with E-state index in [1.54, 1.807) is 6.92 Å². The molecule has 6 heteroatoms. The highest BCUT2D eigenvalue weighted by atomic mass is 79.9. The van der Waals surface area contributed by atoms with Crippen LogP contribution in [0.1, 0.15) is 38.8 Å². The number of carbonyl (C=O) groups is 2. The smallest absolute Gasteiger partial charge is 0.326 e. The highest BCUT2D eigenvalue weighted by Crippen LogP contribution is 2.17. The van der Waals surface area contributed by atoms with Gasteiger partial charge in [0.25, 0.3) is 0 Å². The summed E-state index contributed by atoms with van der Waals surface area (Å²) in [6, 6.07) is 6.02. The number of carboxylic acids is 1.